The largest absolute Gasteiger partial charge is 0.489 e. The van der Waals surface area contributed by atoms with Crippen LogP contribution in [0.25, 0.3) is 11.0 Å². The van der Waals surface area contributed by atoms with Gasteiger partial charge in [0, 0.05) is 30.8 Å². The molecule has 1 aromatic carbocycles. The molecule has 0 aliphatic carbocycles. The molecule has 3 aromatic rings. The summed E-state index contributed by atoms with van der Waals surface area (Å²) in [5.74, 6) is 0.690. The Bertz CT molecular complexity index is 996. The van der Waals surface area contributed by atoms with Crippen LogP contribution in [0.5, 0.6) is 5.75 Å². The van der Waals surface area contributed by atoms with Crippen LogP contribution in [0.15, 0.2) is 48.7 Å². The van der Waals surface area contributed by atoms with Gasteiger partial charge in [0.1, 0.15) is 28.5 Å². The Balaban J connectivity index is 1.55. The highest BCUT2D eigenvalue weighted by molar-refractivity contribution is 6.30. The summed E-state index contributed by atoms with van der Waals surface area (Å²) in [6.07, 6.45) is 2.46. The van der Waals surface area contributed by atoms with Gasteiger partial charge in [-0.15, -0.1) is 0 Å². The maximum absolute atomic E-state index is 11.7. The molecule has 4 rings (SSSR count). The summed E-state index contributed by atoms with van der Waals surface area (Å²) in [7, 11) is 0. The van der Waals surface area contributed by atoms with Crippen LogP contribution >= 0.6 is 11.6 Å². The number of amides is 1. The molecule has 1 amide bonds. The molecule has 1 aliphatic heterocycles. The molecule has 2 N–H and O–H groups in total. The van der Waals surface area contributed by atoms with Gasteiger partial charge >= 0.3 is 0 Å². The molecule has 0 radical (unpaired) electrons. The van der Waals surface area contributed by atoms with E-state index < -0.39 is 0 Å². The number of anilines is 1. The van der Waals surface area contributed by atoms with E-state index in [2.05, 4.69) is 32.7 Å². The van der Waals surface area contributed by atoms with E-state index in [1.54, 1.807) is 18.3 Å². The molecular formula is C21H21ClN4O2. The molecule has 0 bridgehead atoms. The first-order valence-corrected chi connectivity index (χ1v) is 9.64. The highest BCUT2D eigenvalue weighted by Crippen LogP contribution is 2.30. The number of nitrogens with one attached hydrogen (secondary N) is 2. The predicted molar refractivity (Wildman–Crippen MR) is 110 cm³/mol. The lowest BCUT2D eigenvalue weighted by atomic mass is 10.1. The minimum Gasteiger partial charge on any atom is -0.489 e. The number of hydrogen-bond acceptors (Lipinski definition) is 5. The molecular weight excluding hydrogens is 376 g/mol. The third kappa shape index (κ3) is 4.02. The number of aromatic nitrogens is 2. The topological polar surface area (TPSA) is 76.1 Å². The second kappa shape index (κ2) is 8.02. The maximum atomic E-state index is 11.7. The Kier molecular flexibility index (Phi) is 5.30. The molecule has 28 heavy (non-hydrogen) atoms. The van der Waals surface area contributed by atoms with Crippen LogP contribution in [0.2, 0.25) is 5.15 Å². The van der Waals surface area contributed by atoms with Gasteiger partial charge < -0.3 is 15.4 Å². The third-order valence-electron chi connectivity index (χ3n) is 4.82. The van der Waals surface area contributed by atoms with Crippen LogP contribution in [0, 0.1) is 5.92 Å². The Labute approximate surface area is 168 Å². The minimum atomic E-state index is 0.000533. The summed E-state index contributed by atoms with van der Waals surface area (Å²) in [6, 6.07) is 13.6. The molecule has 3 heterocycles. The van der Waals surface area contributed by atoms with E-state index in [-0.39, 0.29) is 17.9 Å². The zero-order chi connectivity index (χ0) is 19.5. The predicted octanol–water partition coefficient (Wildman–Crippen LogP) is 3.80. The number of fused-ring (bicyclic) bond motifs is 1. The summed E-state index contributed by atoms with van der Waals surface area (Å²) < 4.78 is 5.97. The van der Waals surface area contributed by atoms with E-state index in [0.717, 1.165) is 17.7 Å². The van der Waals surface area contributed by atoms with Gasteiger partial charge in [0.2, 0.25) is 5.91 Å². The standard InChI is InChI=1S/C21H21ClN4O2/c1-13-9-15(25-21(13)27)12-28-17-7-8-23-19-16(10-18(22)26-20(17)19)24-11-14-5-3-2-4-6-14/h2-8,10,13,15H,9,11-12H2,1H3,(H,24,26)(H,25,27)/t13-,15+/m0/s1. The third-order valence-corrected chi connectivity index (χ3v) is 5.02. The van der Waals surface area contributed by atoms with Crippen molar-refractivity contribution in [2.24, 2.45) is 5.92 Å². The normalized spacial score (nSPS) is 18.9. The number of carbonyl (C=O) groups is 1. The fourth-order valence-electron chi connectivity index (χ4n) is 3.35. The van der Waals surface area contributed by atoms with E-state index in [4.69, 9.17) is 16.3 Å². The zero-order valence-corrected chi connectivity index (χ0v) is 16.2. The van der Waals surface area contributed by atoms with Gasteiger partial charge in [0.25, 0.3) is 0 Å². The van der Waals surface area contributed by atoms with Gasteiger partial charge in [-0.3, -0.25) is 9.78 Å². The van der Waals surface area contributed by atoms with E-state index in [9.17, 15) is 4.79 Å². The van der Waals surface area contributed by atoms with Gasteiger partial charge in [0.15, 0.2) is 0 Å². The summed E-state index contributed by atoms with van der Waals surface area (Å²) in [4.78, 5) is 20.6. The summed E-state index contributed by atoms with van der Waals surface area (Å²) in [6.45, 7) is 2.95. The Morgan fingerprint density at radius 3 is 2.82 bits per heavy atom. The molecule has 144 valence electrons. The van der Waals surface area contributed by atoms with Crippen molar-refractivity contribution in [2.75, 3.05) is 11.9 Å². The number of rotatable bonds is 6. The van der Waals surface area contributed by atoms with Gasteiger partial charge in [-0.05, 0) is 12.0 Å². The highest BCUT2D eigenvalue weighted by atomic mass is 35.5. The summed E-state index contributed by atoms with van der Waals surface area (Å²) in [5, 5.41) is 6.69. The zero-order valence-electron chi connectivity index (χ0n) is 15.5. The first-order chi connectivity index (χ1) is 13.6. The second-order valence-corrected chi connectivity index (χ2v) is 7.38. The Hall–Kier alpha value is -2.86. The first-order valence-electron chi connectivity index (χ1n) is 9.26. The van der Waals surface area contributed by atoms with Crippen molar-refractivity contribution in [1.29, 1.82) is 0 Å². The van der Waals surface area contributed by atoms with Gasteiger partial charge in [-0.1, -0.05) is 48.9 Å². The Morgan fingerprint density at radius 1 is 1.25 bits per heavy atom. The SMILES string of the molecule is C[C@H]1C[C@H](COc2ccnc3c(NCc4ccccc4)cc(Cl)nc23)NC1=O. The lowest BCUT2D eigenvalue weighted by Crippen LogP contribution is -2.31. The van der Waals surface area contributed by atoms with E-state index in [1.807, 2.05) is 25.1 Å². The minimum absolute atomic E-state index is 0.000533. The lowest BCUT2D eigenvalue weighted by Gasteiger charge is -2.15. The molecule has 1 fully saturated rings. The Morgan fingerprint density at radius 2 is 2.07 bits per heavy atom. The van der Waals surface area contributed by atoms with Crippen molar-refractivity contribution in [1.82, 2.24) is 15.3 Å². The molecule has 2 aromatic heterocycles. The van der Waals surface area contributed by atoms with Crippen LogP contribution in [-0.2, 0) is 11.3 Å². The smallest absolute Gasteiger partial charge is 0.223 e. The quantitative estimate of drug-likeness (QED) is 0.620. The maximum Gasteiger partial charge on any atom is 0.223 e. The number of halogens is 1. The van der Waals surface area contributed by atoms with Crippen molar-refractivity contribution in [3.05, 3.63) is 59.4 Å². The molecule has 0 saturated carbocycles. The first kappa shape index (κ1) is 18.5. The van der Waals surface area contributed by atoms with Gasteiger partial charge in [-0.2, -0.15) is 0 Å². The number of nitrogens with zero attached hydrogens (tertiary/aromatic N) is 2. The van der Waals surface area contributed by atoms with E-state index >= 15 is 0 Å². The number of pyridine rings is 2. The van der Waals surface area contributed by atoms with Crippen molar-refractivity contribution in [3.8, 4) is 5.75 Å². The summed E-state index contributed by atoms with van der Waals surface area (Å²) >= 11 is 6.25. The number of carbonyl (C=O) groups excluding carboxylic acids is 1. The second-order valence-electron chi connectivity index (χ2n) is 6.99. The van der Waals surface area contributed by atoms with Crippen LogP contribution in [0.3, 0.4) is 0 Å². The van der Waals surface area contributed by atoms with Crippen LogP contribution < -0.4 is 15.4 Å². The van der Waals surface area contributed by atoms with Crippen molar-refractivity contribution in [2.45, 2.75) is 25.9 Å². The van der Waals surface area contributed by atoms with Crippen LogP contribution in [-0.4, -0.2) is 28.5 Å². The monoisotopic (exact) mass is 396 g/mol. The lowest BCUT2D eigenvalue weighted by molar-refractivity contribution is -0.122. The average molecular weight is 397 g/mol. The highest BCUT2D eigenvalue weighted by Gasteiger charge is 2.28. The van der Waals surface area contributed by atoms with Crippen molar-refractivity contribution < 1.29 is 9.53 Å². The molecule has 0 unspecified atom stereocenters. The number of ether oxygens (including phenoxy) is 1. The fraction of sp³-hybridized carbons (Fsp3) is 0.286. The average Bonchev–Trinajstić information content (AvgIpc) is 3.03. The molecule has 1 aliphatic rings. The van der Waals surface area contributed by atoms with Gasteiger partial charge in [-0.25, -0.2) is 4.98 Å². The van der Waals surface area contributed by atoms with E-state index in [0.29, 0.717) is 35.1 Å². The molecule has 1 saturated heterocycles. The van der Waals surface area contributed by atoms with Crippen molar-refractivity contribution >= 4 is 34.2 Å². The van der Waals surface area contributed by atoms with Crippen molar-refractivity contribution in [3.63, 3.8) is 0 Å². The fourth-order valence-corrected chi connectivity index (χ4v) is 3.54. The molecule has 7 heteroatoms. The van der Waals surface area contributed by atoms with Gasteiger partial charge in [0.05, 0.1) is 11.7 Å². The molecule has 2 atom stereocenters. The van der Waals surface area contributed by atoms with Crippen LogP contribution in [0.4, 0.5) is 5.69 Å². The summed E-state index contributed by atoms with van der Waals surface area (Å²) in [5.41, 5.74) is 3.25. The van der Waals surface area contributed by atoms with E-state index in [1.165, 1.54) is 0 Å². The molecule has 6 nitrogen and oxygen atoms in total. The van der Waals surface area contributed by atoms with Crippen LogP contribution in [0.1, 0.15) is 18.9 Å². The number of benzene rings is 1. The number of hydrogen-bond donors (Lipinski definition) is 2. The molecule has 0 spiro atoms.